The molecule has 3 heteroatoms. The fourth-order valence-electron chi connectivity index (χ4n) is 2.91. The SMILES string of the molecule is CNC(CC1CCOCC1)C(OC)c1ccccc1. The predicted octanol–water partition coefficient (Wildman–Crippen LogP) is 2.78. The van der Waals surface area contributed by atoms with Crippen LogP contribution in [0.25, 0.3) is 0 Å². The Morgan fingerprint density at radius 3 is 2.53 bits per heavy atom. The van der Waals surface area contributed by atoms with Crippen LogP contribution in [0.4, 0.5) is 0 Å². The number of likely N-dealkylation sites (N-methyl/N-ethyl adjacent to an activating group) is 1. The van der Waals surface area contributed by atoms with Gasteiger partial charge in [0.05, 0.1) is 6.10 Å². The zero-order valence-electron chi connectivity index (χ0n) is 12.0. The molecule has 1 heterocycles. The fraction of sp³-hybridized carbons (Fsp3) is 0.625. The van der Waals surface area contributed by atoms with Gasteiger partial charge in [0.1, 0.15) is 0 Å². The van der Waals surface area contributed by atoms with E-state index in [-0.39, 0.29) is 6.10 Å². The van der Waals surface area contributed by atoms with Crippen molar-refractivity contribution in [1.82, 2.24) is 5.32 Å². The third-order valence-corrected chi connectivity index (χ3v) is 4.05. The van der Waals surface area contributed by atoms with Gasteiger partial charge in [-0.15, -0.1) is 0 Å². The molecular formula is C16H25NO2. The quantitative estimate of drug-likeness (QED) is 0.856. The maximum absolute atomic E-state index is 5.74. The Morgan fingerprint density at radius 1 is 1.26 bits per heavy atom. The first kappa shape index (κ1) is 14.5. The highest BCUT2D eigenvalue weighted by Crippen LogP contribution is 2.28. The van der Waals surface area contributed by atoms with Crippen molar-refractivity contribution >= 4 is 0 Å². The molecule has 0 spiro atoms. The number of hydrogen-bond donors (Lipinski definition) is 1. The molecule has 106 valence electrons. The van der Waals surface area contributed by atoms with Crippen molar-refractivity contribution in [3.05, 3.63) is 35.9 Å². The minimum atomic E-state index is 0.119. The lowest BCUT2D eigenvalue weighted by molar-refractivity contribution is 0.0336. The fourth-order valence-corrected chi connectivity index (χ4v) is 2.91. The molecule has 3 nitrogen and oxygen atoms in total. The van der Waals surface area contributed by atoms with E-state index in [1.54, 1.807) is 7.11 Å². The van der Waals surface area contributed by atoms with Crippen LogP contribution in [0.1, 0.15) is 30.9 Å². The van der Waals surface area contributed by atoms with Crippen molar-refractivity contribution in [2.24, 2.45) is 5.92 Å². The van der Waals surface area contributed by atoms with Crippen molar-refractivity contribution in [1.29, 1.82) is 0 Å². The molecule has 1 fully saturated rings. The van der Waals surface area contributed by atoms with Crippen molar-refractivity contribution in [2.75, 3.05) is 27.4 Å². The van der Waals surface area contributed by atoms with Gasteiger partial charge in [0, 0.05) is 26.4 Å². The second kappa shape index (κ2) is 7.63. The Balaban J connectivity index is 2.01. The molecule has 1 aromatic rings. The summed E-state index contributed by atoms with van der Waals surface area (Å²) in [6.07, 6.45) is 3.61. The summed E-state index contributed by atoms with van der Waals surface area (Å²) in [7, 11) is 3.82. The Morgan fingerprint density at radius 2 is 1.95 bits per heavy atom. The summed E-state index contributed by atoms with van der Waals surface area (Å²) in [5.41, 5.74) is 1.25. The van der Waals surface area contributed by atoms with Gasteiger partial charge in [0.25, 0.3) is 0 Å². The van der Waals surface area contributed by atoms with Crippen LogP contribution in [0, 0.1) is 5.92 Å². The highest BCUT2D eigenvalue weighted by molar-refractivity contribution is 5.19. The average molecular weight is 263 g/mol. The van der Waals surface area contributed by atoms with E-state index in [2.05, 4.69) is 29.6 Å². The second-order valence-corrected chi connectivity index (χ2v) is 5.25. The van der Waals surface area contributed by atoms with Gasteiger partial charge >= 0.3 is 0 Å². The highest BCUT2D eigenvalue weighted by atomic mass is 16.5. The summed E-state index contributed by atoms with van der Waals surface area (Å²) in [5, 5.41) is 3.43. The van der Waals surface area contributed by atoms with E-state index in [0.29, 0.717) is 6.04 Å². The molecule has 1 aliphatic heterocycles. The first-order valence-electron chi connectivity index (χ1n) is 7.18. The Bertz CT molecular complexity index is 349. The number of nitrogens with one attached hydrogen (secondary N) is 1. The lowest BCUT2D eigenvalue weighted by atomic mass is 9.88. The maximum atomic E-state index is 5.74. The Kier molecular flexibility index (Phi) is 5.83. The van der Waals surface area contributed by atoms with E-state index in [0.717, 1.165) is 25.6 Å². The van der Waals surface area contributed by atoms with Crippen LogP contribution < -0.4 is 5.32 Å². The van der Waals surface area contributed by atoms with E-state index in [1.165, 1.54) is 18.4 Å². The predicted molar refractivity (Wildman–Crippen MR) is 77.2 cm³/mol. The number of methoxy groups -OCH3 is 1. The van der Waals surface area contributed by atoms with E-state index < -0.39 is 0 Å². The molecule has 1 saturated heterocycles. The molecule has 1 N–H and O–H groups in total. The van der Waals surface area contributed by atoms with Crippen LogP contribution in [0.3, 0.4) is 0 Å². The van der Waals surface area contributed by atoms with Crippen molar-refractivity contribution < 1.29 is 9.47 Å². The van der Waals surface area contributed by atoms with Gasteiger partial charge in [0.15, 0.2) is 0 Å². The van der Waals surface area contributed by atoms with Crippen molar-refractivity contribution in [2.45, 2.75) is 31.4 Å². The average Bonchev–Trinajstić information content (AvgIpc) is 2.49. The van der Waals surface area contributed by atoms with E-state index in [1.807, 2.05) is 13.1 Å². The maximum Gasteiger partial charge on any atom is 0.0974 e. The largest absolute Gasteiger partial charge is 0.381 e. The molecule has 0 aliphatic carbocycles. The van der Waals surface area contributed by atoms with Crippen LogP contribution >= 0.6 is 0 Å². The molecule has 0 saturated carbocycles. The molecule has 0 aromatic heterocycles. The minimum absolute atomic E-state index is 0.119. The zero-order valence-corrected chi connectivity index (χ0v) is 12.0. The van der Waals surface area contributed by atoms with Crippen LogP contribution in [-0.2, 0) is 9.47 Å². The molecule has 0 bridgehead atoms. The first-order valence-corrected chi connectivity index (χ1v) is 7.18. The summed E-state index contributed by atoms with van der Waals surface area (Å²) in [6, 6.07) is 10.8. The normalized spacial score (nSPS) is 20.1. The topological polar surface area (TPSA) is 30.5 Å². The van der Waals surface area contributed by atoms with Gasteiger partial charge in [-0.3, -0.25) is 0 Å². The molecule has 1 aromatic carbocycles. The van der Waals surface area contributed by atoms with Crippen LogP contribution in [0.15, 0.2) is 30.3 Å². The minimum Gasteiger partial charge on any atom is -0.381 e. The molecule has 2 unspecified atom stereocenters. The smallest absolute Gasteiger partial charge is 0.0974 e. The van der Waals surface area contributed by atoms with Gasteiger partial charge in [-0.05, 0) is 37.8 Å². The molecule has 2 rings (SSSR count). The van der Waals surface area contributed by atoms with Gasteiger partial charge in [-0.2, -0.15) is 0 Å². The van der Waals surface area contributed by atoms with E-state index >= 15 is 0 Å². The van der Waals surface area contributed by atoms with E-state index in [4.69, 9.17) is 9.47 Å². The molecule has 0 amide bonds. The third-order valence-electron chi connectivity index (χ3n) is 4.05. The number of ether oxygens (including phenoxy) is 2. The monoisotopic (exact) mass is 263 g/mol. The summed E-state index contributed by atoms with van der Waals surface area (Å²) in [4.78, 5) is 0. The molecule has 2 atom stereocenters. The molecule has 19 heavy (non-hydrogen) atoms. The standard InChI is InChI=1S/C16H25NO2/c1-17-15(12-13-8-10-19-11-9-13)16(18-2)14-6-4-3-5-7-14/h3-7,13,15-17H,8-12H2,1-2H3. The van der Waals surface area contributed by atoms with Crippen LogP contribution in [-0.4, -0.2) is 33.4 Å². The van der Waals surface area contributed by atoms with Gasteiger partial charge in [0.2, 0.25) is 0 Å². The third kappa shape index (κ3) is 4.03. The lowest BCUT2D eigenvalue weighted by Crippen LogP contribution is -2.36. The second-order valence-electron chi connectivity index (χ2n) is 5.25. The van der Waals surface area contributed by atoms with Crippen LogP contribution in [0.5, 0.6) is 0 Å². The summed E-state index contributed by atoms with van der Waals surface area (Å²) >= 11 is 0. The van der Waals surface area contributed by atoms with Gasteiger partial charge in [-0.1, -0.05) is 30.3 Å². The molecule has 0 radical (unpaired) electrons. The van der Waals surface area contributed by atoms with E-state index in [9.17, 15) is 0 Å². The van der Waals surface area contributed by atoms with Crippen molar-refractivity contribution in [3.63, 3.8) is 0 Å². The van der Waals surface area contributed by atoms with Crippen molar-refractivity contribution in [3.8, 4) is 0 Å². The Hall–Kier alpha value is -0.900. The Labute approximate surface area is 116 Å². The number of benzene rings is 1. The first-order chi connectivity index (χ1) is 9.35. The summed E-state index contributed by atoms with van der Waals surface area (Å²) in [6.45, 7) is 1.81. The van der Waals surface area contributed by atoms with Gasteiger partial charge in [-0.25, -0.2) is 0 Å². The number of rotatable bonds is 6. The zero-order chi connectivity index (χ0) is 13.5. The molecule has 1 aliphatic rings. The van der Waals surface area contributed by atoms with Gasteiger partial charge < -0.3 is 14.8 Å². The van der Waals surface area contributed by atoms with Crippen LogP contribution in [0.2, 0.25) is 0 Å². The summed E-state index contributed by atoms with van der Waals surface area (Å²) in [5.74, 6) is 0.743. The molecular weight excluding hydrogens is 238 g/mol. The summed E-state index contributed by atoms with van der Waals surface area (Å²) < 4.78 is 11.2. The number of hydrogen-bond acceptors (Lipinski definition) is 3. The highest BCUT2D eigenvalue weighted by Gasteiger charge is 2.25. The lowest BCUT2D eigenvalue weighted by Gasteiger charge is -2.31.